The quantitative estimate of drug-likeness (QED) is 0.715. The smallest absolute Gasteiger partial charge is 0.224 e. The number of rotatable bonds is 6. The monoisotopic (exact) mass is 341 g/mol. The molecule has 25 heavy (non-hydrogen) atoms. The Morgan fingerprint density at radius 1 is 1.24 bits per heavy atom. The summed E-state index contributed by atoms with van der Waals surface area (Å²) in [5.74, 6) is 0.410. The number of furan rings is 2. The molecule has 0 aliphatic heterocycles. The van der Waals surface area contributed by atoms with Gasteiger partial charge in [-0.15, -0.1) is 0 Å². The van der Waals surface area contributed by atoms with E-state index in [9.17, 15) is 9.90 Å². The number of aliphatic hydroxyl groups excluding tert-OH is 1. The van der Waals surface area contributed by atoms with Crippen molar-refractivity contribution in [1.29, 1.82) is 0 Å². The lowest BCUT2D eigenvalue weighted by Crippen LogP contribution is -2.34. The number of aliphatic hydroxyl groups is 1. The molecule has 2 aromatic heterocycles. The van der Waals surface area contributed by atoms with Crippen molar-refractivity contribution in [3.05, 3.63) is 59.2 Å². The van der Waals surface area contributed by atoms with Crippen LogP contribution in [0.5, 0.6) is 0 Å². The van der Waals surface area contributed by atoms with E-state index in [0.717, 1.165) is 16.5 Å². The highest BCUT2D eigenvalue weighted by atomic mass is 16.4. The van der Waals surface area contributed by atoms with E-state index in [1.165, 1.54) is 17.4 Å². The first-order valence-electron chi connectivity index (χ1n) is 8.42. The average Bonchev–Trinajstić information content (AvgIpc) is 3.19. The third-order valence-electron chi connectivity index (χ3n) is 4.48. The standard InChI is InChI=1S/C20H23NO4/c1-12-7-16-15(11-25-19(16)8-13(12)2)10-20(23)21-14(3)9-17(22)18-5-4-6-24-18/h4-8,11,14,17,22H,9-10H2,1-3H3,(H,21,23). The number of carbonyl (C=O) groups is 1. The van der Waals surface area contributed by atoms with Gasteiger partial charge in [0.2, 0.25) is 5.91 Å². The first-order valence-corrected chi connectivity index (χ1v) is 8.42. The predicted octanol–water partition coefficient (Wildman–Crippen LogP) is 3.81. The van der Waals surface area contributed by atoms with E-state index < -0.39 is 6.10 Å². The molecule has 0 aliphatic rings. The molecule has 0 spiro atoms. The number of carbonyl (C=O) groups excluding carboxylic acids is 1. The molecule has 0 bridgehead atoms. The number of benzene rings is 1. The van der Waals surface area contributed by atoms with Gasteiger partial charge in [-0.1, -0.05) is 0 Å². The van der Waals surface area contributed by atoms with Crippen LogP contribution in [-0.4, -0.2) is 17.1 Å². The lowest BCUT2D eigenvalue weighted by Gasteiger charge is -2.16. The second-order valence-corrected chi connectivity index (χ2v) is 6.61. The highest BCUT2D eigenvalue weighted by Crippen LogP contribution is 2.25. The van der Waals surface area contributed by atoms with Crippen molar-refractivity contribution in [3.63, 3.8) is 0 Å². The minimum Gasteiger partial charge on any atom is -0.467 e. The summed E-state index contributed by atoms with van der Waals surface area (Å²) < 4.78 is 10.8. The van der Waals surface area contributed by atoms with Crippen LogP contribution in [0.25, 0.3) is 11.0 Å². The molecule has 0 saturated carbocycles. The molecule has 5 heteroatoms. The lowest BCUT2D eigenvalue weighted by molar-refractivity contribution is -0.121. The lowest BCUT2D eigenvalue weighted by atomic mass is 10.0. The van der Waals surface area contributed by atoms with Gasteiger partial charge in [0, 0.05) is 23.4 Å². The van der Waals surface area contributed by atoms with Crippen LogP contribution in [0.15, 0.2) is 45.6 Å². The molecule has 0 radical (unpaired) electrons. The molecule has 1 amide bonds. The zero-order valence-corrected chi connectivity index (χ0v) is 14.7. The zero-order chi connectivity index (χ0) is 18.0. The van der Waals surface area contributed by atoms with Crippen LogP contribution >= 0.6 is 0 Å². The maximum Gasteiger partial charge on any atom is 0.224 e. The Kier molecular flexibility index (Phi) is 4.95. The summed E-state index contributed by atoms with van der Waals surface area (Å²) in [6.45, 7) is 5.95. The molecule has 1 aromatic carbocycles. The molecular weight excluding hydrogens is 318 g/mol. The third-order valence-corrected chi connectivity index (χ3v) is 4.48. The van der Waals surface area contributed by atoms with Crippen molar-refractivity contribution < 1.29 is 18.7 Å². The number of hydrogen-bond donors (Lipinski definition) is 2. The Bertz CT molecular complexity index is 863. The van der Waals surface area contributed by atoms with Crippen LogP contribution in [0.1, 0.15) is 41.9 Å². The maximum absolute atomic E-state index is 12.3. The van der Waals surface area contributed by atoms with Crippen LogP contribution in [0, 0.1) is 13.8 Å². The van der Waals surface area contributed by atoms with Gasteiger partial charge in [0.25, 0.3) is 0 Å². The minimum absolute atomic E-state index is 0.0972. The van der Waals surface area contributed by atoms with Crippen molar-refractivity contribution in [2.24, 2.45) is 0 Å². The van der Waals surface area contributed by atoms with Gasteiger partial charge in [-0.3, -0.25) is 4.79 Å². The number of hydrogen-bond acceptors (Lipinski definition) is 4. The van der Waals surface area contributed by atoms with Crippen molar-refractivity contribution in [2.75, 3.05) is 0 Å². The molecule has 3 rings (SSSR count). The van der Waals surface area contributed by atoms with Crippen molar-refractivity contribution in [3.8, 4) is 0 Å². The fraction of sp³-hybridized carbons (Fsp3) is 0.350. The Labute approximate surface area is 146 Å². The predicted molar refractivity (Wildman–Crippen MR) is 95.3 cm³/mol. The second kappa shape index (κ2) is 7.15. The van der Waals surface area contributed by atoms with Gasteiger partial charge >= 0.3 is 0 Å². The van der Waals surface area contributed by atoms with Crippen molar-refractivity contribution in [2.45, 2.75) is 45.8 Å². The number of aryl methyl sites for hydroxylation is 2. The van der Waals surface area contributed by atoms with E-state index in [-0.39, 0.29) is 18.4 Å². The zero-order valence-electron chi connectivity index (χ0n) is 14.7. The number of amides is 1. The third kappa shape index (κ3) is 3.94. The second-order valence-electron chi connectivity index (χ2n) is 6.61. The molecular formula is C20H23NO4. The van der Waals surface area contributed by atoms with E-state index in [1.807, 2.05) is 26.8 Å². The summed E-state index contributed by atoms with van der Waals surface area (Å²) in [7, 11) is 0. The van der Waals surface area contributed by atoms with Gasteiger partial charge in [-0.25, -0.2) is 0 Å². The summed E-state index contributed by atoms with van der Waals surface area (Å²) in [5, 5.41) is 14.0. The van der Waals surface area contributed by atoms with E-state index >= 15 is 0 Å². The molecule has 0 saturated heterocycles. The fourth-order valence-electron chi connectivity index (χ4n) is 2.96. The largest absolute Gasteiger partial charge is 0.467 e. The van der Waals surface area contributed by atoms with Crippen molar-refractivity contribution >= 4 is 16.9 Å². The average molecular weight is 341 g/mol. The van der Waals surface area contributed by atoms with Crippen LogP contribution in [0.3, 0.4) is 0 Å². The summed E-state index contributed by atoms with van der Waals surface area (Å²) in [5.41, 5.74) is 4.01. The molecule has 3 aromatic rings. The topological polar surface area (TPSA) is 75.6 Å². The van der Waals surface area contributed by atoms with E-state index in [4.69, 9.17) is 8.83 Å². The molecule has 5 nitrogen and oxygen atoms in total. The van der Waals surface area contributed by atoms with Crippen molar-refractivity contribution in [1.82, 2.24) is 5.32 Å². The van der Waals surface area contributed by atoms with Gasteiger partial charge < -0.3 is 19.3 Å². The highest BCUT2D eigenvalue weighted by molar-refractivity contribution is 5.88. The van der Waals surface area contributed by atoms with Gasteiger partial charge in [-0.05, 0) is 56.2 Å². The fourth-order valence-corrected chi connectivity index (χ4v) is 2.96. The first kappa shape index (κ1) is 17.3. The molecule has 2 atom stereocenters. The normalized spacial score (nSPS) is 13.8. The minimum atomic E-state index is -0.731. The summed E-state index contributed by atoms with van der Waals surface area (Å²) in [6.07, 6.45) is 3.08. The Morgan fingerprint density at radius 2 is 2.00 bits per heavy atom. The summed E-state index contributed by atoms with van der Waals surface area (Å²) >= 11 is 0. The van der Waals surface area contributed by atoms with Crippen LogP contribution in [0.2, 0.25) is 0 Å². The molecule has 2 unspecified atom stereocenters. The highest BCUT2D eigenvalue weighted by Gasteiger charge is 2.18. The van der Waals surface area contributed by atoms with Crippen LogP contribution < -0.4 is 5.32 Å². The van der Waals surface area contributed by atoms with Gasteiger partial charge in [0.1, 0.15) is 17.4 Å². The molecule has 132 valence electrons. The van der Waals surface area contributed by atoms with E-state index in [2.05, 4.69) is 11.4 Å². The number of fused-ring (bicyclic) bond motifs is 1. The Balaban J connectivity index is 1.61. The summed E-state index contributed by atoms with van der Waals surface area (Å²) in [6, 6.07) is 7.33. The number of nitrogens with one attached hydrogen (secondary N) is 1. The first-order chi connectivity index (χ1) is 11.9. The van der Waals surface area contributed by atoms with E-state index in [0.29, 0.717) is 12.2 Å². The van der Waals surface area contributed by atoms with Crippen LogP contribution in [-0.2, 0) is 11.2 Å². The maximum atomic E-state index is 12.3. The molecule has 0 fully saturated rings. The molecule has 0 aliphatic carbocycles. The Hall–Kier alpha value is -2.53. The molecule has 2 N–H and O–H groups in total. The Morgan fingerprint density at radius 3 is 2.72 bits per heavy atom. The van der Waals surface area contributed by atoms with Crippen LogP contribution in [0.4, 0.5) is 0 Å². The van der Waals surface area contributed by atoms with E-state index in [1.54, 1.807) is 18.4 Å². The van der Waals surface area contributed by atoms with Gasteiger partial charge in [-0.2, -0.15) is 0 Å². The molecule has 2 heterocycles. The SMILES string of the molecule is Cc1cc2occ(CC(=O)NC(C)CC(O)c3ccco3)c2cc1C. The van der Waals surface area contributed by atoms with Gasteiger partial charge in [0.15, 0.2) is 0 Å². The van der Waals surface area contributed by atoms with Gasteiger partial charge in [0.05, 0.1) is 18.9 Å². The summed E-state index contributed by atoms with van der Waals surface area (Å²) in [4.78, 5) is 12.3.